The molecule has 0 heterocycles. The molecule has 0 amide bonds. The quantitative estimate of drug-likeness (QED) is 0.157. The van der Waals surface area contributed by atoms with E-state index in [9.17, 15) is 0 Å². The second-order valence-corrected chi connectivity index (χ2v) is 1.91. The zero-order chi connectivity index (χ0) is 4.50. The maximum absolute atomic E-state index is 7.44. The molecule has 53 heteroatoms. The molecule has 0 aromatic carbocycles. The van der Waals surface area contributed by atoms with Gasteiger partial charge in [0.25, 0.3) is 0 Å². The normalized spacial score (nSPS) is 1.13. The predicted octanol–water partition coefficient (Wildman–Crippen LogP) is -32.6. The van der Waals surface area contributed by atoms with Crippen molar-refractivity contribution in [3.8, 4) is 0 Å². The van der Waals surface area contributed by atoms with Crippen molar-refractivity contribution < 1.29 is 469 Å². The first kappa shape index (κ1) is 1750. The first-order valence-corrected chi connectivity index (χ1v) is 2.76. The van der Waals surface area contributed by atoms with Gasteiger partial charge in [0.2, 0.25) is 0 Å². The third kappa shape index (κ3) is 4030. The molecule has 0 fully saturated rings. The molecule has 40 nitrogen and oxygen atoms in total. The van der Waals surface area contributed by atoms with Crippen LogP contribution in [0.2, 0.25) is 0 Å². The van der Waals surface area contributed by atoms with Crippen LogP contribution in [0.5, 0.6) is 0 Å². The van der Waals surface area contributed by atoms with Crippen molar-refractivity contribution >= 4 is 9.05 Å². The van der Waals surface area contributed by atoms with E-state index in [0.29, 0.717) is 0 Å². The Bertz CT molecular complexity index is 63.2. The van der Waals surface area contributed by atoms with E-state index in [2.05, 4.69) is 0 Å². The van der Waals surface area contributed by atoms with E-state index in [1.54, 1.807) is 0 Å². The Morgan fingerprint density at radius 1 is 0.151 bits per heavy atom. The first-order valence-electron chi connectivity index (χ1n) is 0.921. The van der Waals surface area contributed by atoms with Crippen molar-refractivity contribution in [2.75, 3.05) is 0 Å². The second-order valence-electron chi connectivity index (χ2n) is 0.635. The van der Waals surface area contributed by atoms with Crippen LogP contribution in [0.15, 0.2) is 0 Å². The summed E-state index contributed by atoms with van der Waals surface area (Å²) in [5.41, 5.74) is 0. The second kappa shape index (κ2) is 1190. The fourth-order valence-electron chi connectivity index (χ4n) is 0. The fraction of sp³-hybridized carbons (Fsp3) is 0. The van der Waals surface area contributed by atoms with Crippen LogP contribution in [0.4, 0.5) is 0 Å². The molecular weight excluding hydrogens is 2870 g/mol. The van der Waals surface area contributed by atoms with Crippen molar-refractivity contribution in [2.45, 2.75) is 0 Å². The van der Waals surface area contributed by atoms with E-state index in [4.69, 9.17) is 19.2 Å². The molecule has 0 aromatic heterocycles. The Morgan fingerprint density at radius 3 is 0.151 bits per heavy atom. The maximum Gasteiger partial charge on any atom is 0.900 e. The van der Waals surface area contributed by atoms with Gasteiger partial charge in [-0.1, -0.05) is 0 Å². The zero-order valence-corrected chi connectivity index (χ0v) is 61.4. The van der Waals surface area contributed by atoms with E-state index < -0.39 is 9.05 Å². The fourth-order valence-corrected chi connectivity index (χ4v) is 0. The molecule has 0 bridgehead atoms. The van der Waals surface area contributed by atoms with Gasteiger partial charge in [-0.2, -0.15) is 0 Å². The van der Waals surface area contributed by atoms with Crippen molar-refractivity contribution in [1.82, 2.24) is 0 Å². The molecule has 77 N–H and O–H groups in total. The van der Waals surface area contributed by atoms with Crippen LogP contribution in [0.1, 0.15) is 0 Å². The minimum atomic E-state index is -4.36. The van der Waals surface area contributed by atoms with Crippen LogP contribution in [0, 0.1) is 0 Å². The van der Waals surface area contributed by atoms with E-state index in [1.807, 2.05) is 0 Å². The summed E-state index contributed by atoms with van der Waals surface area (Å²) >= 11 is 0. The van der Waals surface area contributed by atoms with E-state index in [-0.39, 0.29) is 450 Å². The average Bonchev–Trinajstić information content (AvgIpc) is 0.722. The Balaban J connectivity index is -0.0000000000709. The molecule has 53 heavy (non-hydrogen) atoms. The van der Waals surface area contributed by atoms with Gasteiger partial charge in [-0.3, -0.25) is 0 Å². The zero-order valence-electron chi connectivity index (χ0n) is 25.2. The monoisotopic (exact) mass is 2950 g/mol. The summed E-state index contributed by atoms with van der Waals surface area (Å²) in [6.07, 6.45) is 0. The molecule has 0 aliphatic heterocycles. The van der Waals surface area contributed by atoms with Gasteiger partial charge in [-0.05, 0) is 0 Å². The minimum absolute atomic E-state index is 0. The van der Waals surface area contributed by atoms with Crippen LogP contribution >= 0.6 is 0 Å². The number of hydrogen-bond acceptors (Lipinski definition) is 3. The third-order valence-corrected chi connectivity index (χ3v) is 0. The average molecular weight is 2950 g/mol. The summed E-state index contributed by atoms with van der Waals surface area (Å²) in [4.78, 5) is 28.1. The third-order valence-electron chi connectivity index (χ3n) is 0. The molecule has 0 saturated carbocycles. The van der Waals surface area contributed by atoms with Gasteiger partial charge in [0.05, 0.1) is 0 Å². The smallest absolute Gasteiger partial charge is 0.475 e. The van der Waals surface area contributed by atoms with Crippen LogP contribution in [-0.4, -0.2) is 225 Å². The van der Waals surface area contributed by atoms with Crippen LogP contribution in [0.3, 0.4) is 0 Å². The topological polar surface area (TPSA) is 1220 Å². The van der Waals surface area contributed by atoms with Crippen molar-refractivity contribution in [1.29, 1.82) is 0 Å². The molecule has 0 unspecified atom stereocenters. The van der Waals surface area contributed by atoms with Crippen LogP contribution < -0.4 is 0 Å². The number of rotatable bonds is 0. The SMILES string of the molecule is O.O.O.O.O.O.O.O.O.O.O.O.O.O.O.O.O.O.O.O.O.O.O.O.O.O.O.O.O.O.O.O.O.O.O.O.O[Si](O)(O)[OH2+].[W].[W].[W].[W].[W].[W].[W].[W].[W].[W].[W].[W]. The summed E-state index contributed by atoms with van der Waals surface area (Å²) in [6.45, 7) is 0. The van der Waals surface area contributed by atoms with E-state index >= 15 is 0 Å². The van der Waals surface area contributed by atoms with E-state index in [0.717, 1.165) is 0 Å². The van der Waals surface area contributed by atoms with E-state index in [1.165, 1.54) is 0 Å². The summed E-state index contributed by atoms with van der Waals surface area (Å²) in [5.74, 6) is 0. The summed E-state index contributed by atoms with van der Waals surface area (Å²) in [6, 6.07) is 0. The Hall–Kier alpha value is 6.88. The van der Waals surface area contributed by atoms with Gasteiger partial charge in [-0.25, -0.2) is 0 Å². The summed E-state index contributed by atoms with van der Waals surface area (Å²) in [5, 5.41) is 0. The molecule has 0 aromatic rings. The molecule has 0 atom stereocenters. The van der Waals surface area contributed by atoms with Gasteiger partial charge in [-0.15, -0.1) is 0 Å². The van der Waals surface area contributed by atoms with Crippen molar-refractivity contribution in [3.05, 3.63) is 0 Å². The Morgan fingerprint density at radius 2 is 0.151 bits per heavy atom. The van der Waals surface area contributed by atoms with Crippen LogP contribution in [0.25, 0.3) is 0 Å². The minimum Gasteiger partial charge on any atom is -0.475 e. The molecule has 392 valence electrons. The molecule has 0 aliphatic carbocycles. The van der Waals surface area contributed by atoms with Crippen molar-refractivity contribution in [3.63, 3.8) is 0 Å². The predicted molar refractivity (Wildman–Crippen MR) is 146 cm³/mol. The van der Waals surface area contributed by atoms with Gasteiger partial charge in [0, 0.05) is 253 Å². The summed E-state index contributed by atoms with van der Waals surface area (Å²) in [7, 11) is -4.36. The Labute approximate surface area is 471 Å². The molecular formula is H77O40SiW12+. The molecule has 0 rings (SSSR count). The summed E-state index contributed by atoms with van der Waals surface area (Å²) < 4.78 is 0. The molecule has 0 saturated heterocycles. The van der Waals surface area contributed by atoms with Crippen molar-refractivity contribution in [2.24, 2.45) is 0 Å². The number of hydrogen-bond donors (Lipinski definition) is 3. The molecule has 0 aliphatic rings. The molecule has 0 radical (unpaired) electrons. The van der Waals surface area contributed by atoms with Gasteiger partial charge < -0.3 is 216 Å². The molecule has 0 spiro atoms. The first-order chi connectivity index (χ1) is 2.00. The van der Waals surface area contributed by atoms with Gasteiger partial charge in [0.1, 0.15) is 0 Å². The Kier molecular flexibility index (Phi) is 39400. The largest absolute Gasteiger partial charge is 0.900 e. The van der Waals surface area contributed by atoms with Gasteiger partial charge >= 0.3 is 9.05 Å². The van der Waals surface area contributed by atoms with Gasteiger partial charge in [0.15, 0.2) is 0 Å². The standard InChI is InChI=1S/H4O4Si.36H2O.12W/c1-5(2,3)4;;;;;;;;;;;;;;;;;;;;;;;;;;;;;;;;;;;;;;;;;;;;;;;;/h1-4H;36*1H2;;;;;;;;;;;;/p+1. The van der Waals surface area contributed by atoms with Crippen LogP contribution in [-0.2, 0) is 253 Å². The maximum atomic E-state index is 7.44.